The topological polar surface area (TPSA) is 84.7 Å². The molecule has 2 rings (SSSR count). The number of nitrogens with zero attached hydrogens (tertiary/aromatic N) is 1. The number of nitrogens with two attached hydrogens (primary N) is 1. The fourth-order valence-electron chi connectivity index (χ4n) is 2.76. The van der Waals surface area contributed by atoms with Crippen molar-refractivity contribution in [3.05, 3.63) is 29.8 Å². The van der Waals surface area contributed by atoms with E-state index in [2.05, 4.69) is 5.32 Å². The van der Waals surface area contributed by atoms with Gasteiger partial charge in [-0.2, -0.15) is 0 Å². The lowest BCUT2D eigenvalue weighted by Gasteiger charge is -2.32. The first-order chi connectivity index (χ1) is 11.2. The first-order valence-electron chi connectivity index (χ1n) is 8.15. The summed E-state index contributed by atoms with van der Waals surface area (Å²) in [4.78, 5) is 26.4. The van der Waals surface area contributed by atoms with Crippen LogP contribution in [-0.2, 0) is 4.79 Å². The summed E-state index contributed by atoms with van der Waals surface area (Å²) in [6.07, 6.45) is 1.65. The molecule has 1 heterocycles. The number of amides is 2. The van der Waals surface area contributed by atoms with Crippen LogP contribution in [0.3, 0.4) is 0 Å². The standard InChI is InChI=1S/C17H25N3O3/c1-2-23-15-7-5-13(6-8-15)17(22)20-11-3-4-14(12-20)16(21)19-10-9-18/h5-8,14H,2-4,9-12,18H2,1H3,(H,19,21). The molecule has 1 fully saturated rings. The zero-order valence-electron chi connectivity index (χ0n) is 13.6. The lowest BCUT2D eigenvalue weighted by atomic mass is 9.96. The lowest BCUT2D eigenvalue weighted by molar-refractivity contribution is -0.126. The largest absolute Gasteiger partial charge is 0.494 e. The van der Waals surface area contributed by atoms with Gasteiger partial charge >= 0.3 is 0 Å². The van der Waals surface area contributed by atoms with Crippen LogP contribution in [0.1, 0.15) is 30.1 Å². The number of rotatable bonds is 6. The number of hydrogen-bond donors (Lipinski definition) is 2. The Balaban J connectivity index is 1.97. The molecule has 6 heteroatoms. The average Bonchev–Trinajstić information content (AvgIpc) is 2.60. The number of hydrogen-bond acceptors (Lipinski definition) is 4. The van der Waals surface area contributed by atoms with Crippen molar-refractivity contribution >= 4 is 11.8 Å². The van der Waals surface area contributed by atoms with E-state index in [0.717, 1.165) is 18.6 Å². The molecule has 0 spiro atoms. The Labute approximate surface area is 137 Å². The highest BCUT2D eigenvalue weighted by Crippen LogP contribution is 2.20. The smallest absolute Gasteiger partial charge is 0.253 e. The SMILES string of the molecule is CCOc1ccc(C(=O)N2CCCC(C(=O)NCCN)C2)cc1. The zero-order chi connectivity index (χ0) is 16.7. The maximum Gasteiger partial charge on any atom is 0.253 e. The van der Waals surface area contributed by atoms with Gasteiger partial charge in [0.15, 0.2) is 0 Å². The van der Waals surface area contributed by atoms with Crippen molar-refractivity contribution in [3.63, 3.8) is 0 Å². The van der Waals surface area contributed by atoms with E-state index in [1.165, 1.54) is 0 Å². The summed E-state index contributed by atoms with van der Waals surface area (Å²) in [5, 5.41) is 2.80. The number of ether oxygens (including phenoxy) is 1. The van der Waals surface area contributed by atoms with Crippen LogP contribution in [0.2, 0.25) is 0 Å². The molecule has 0 aromatic heterocycles. The Bertz CT molecular complexity index is 530. The molecule has 3 N–H and O–H groups in total. The van der Waals surface area contributed by atoms with Gasteiger partial charge in [-0.3, -0.25) is 9.59 Å². The second-order valence-corrected chi connectivity index (χ2v) is 5.63. The molecule has 23 heavy (non-hydrogen) atoms. The molecule has 1 aliphatic heterocycles. The van der Waals surface area contributed by atoms with Gasteiger partial charge in [-0.15, -0.1) is 0 Å². The Morgan fingerprint density at radius 2 is 2.09 bits per heavy atom. The average molecular weight is 319 g/mol. The van der Waals surface area contributed by atoms with Gasteiger partial charge in [0, 0.05) is 31.7 Å². The predicted octanol–water partition coefficient (Wildman–Crippen LogP) is 1.01. The second kappa shape index (κ2) is 8.53. The maximum atomic E-state index is 12.6. The third kappa shape index (κ3) is 4.69. The fourth-order valence-corrected chi connectivity index (χ4v) is 2.76. The van der Waals surface area contributed by atoms with E-state index in [1.807, 2.05) is 6.92 Å². The number of carbonyl (C=O) groups excluding carboxylic acids is 2. The molecule has 126 valence electrons. The Kier molecular flexibility index (Phi) is 6.40. The van der Waals surface area contributed by atoms with Gasteiger partial charge in [0.2, 0.25) is 5.91 Å². The van der Waals surface area contributed by atoms with E-state index in [9.17, 15) is 9.59 Å². The molecule has 6 nitrogen and oxygen atoms in total. The van der Waals surface area contributed by atoms with Crippen LogP contribution in [0.25, 0.3) is 0 Å². The number of carbonyl (C=O) groups is 2. The lowest BCUT2D eigenvalue weighted by Crippen LogP contribution is -2.46. The molecule has 1 unspecified atom stereocenters. The van der Waals surface area contributed by atoms with Crippen LogP contribution in [-0.4, -0.2) is 49.5 Å². The Morgan fingerprint density at radius 3 is 2.74 bits per heavy atom. The van der Waals surface area contributed by atoms with Crippen LogP contribution < -0.4 is 15.8 Å². The van der Waals surface area contributed by atoms with Gasteiger partial charge in [-0.25, -0.2) is 0 Å². The van der Waals surface area contributed by atoms with Gasteiger partial charge in [0.05, 0.1) is 12.5 Å². The van der Waals surface area contributed by atoms with Crippen LogP contribution in [0, 0.1) is 5.92 Å². The summed E-state index contributed by atoms with van der Waals surface area (Å²) < 4.78 is 5.38. The van der Waals surface area contributed by atoms with Gasteiger partial charge < -0.3 is 20.7 Å². The highest BCUT2D eigenvalue weighted by molar-refractivity contribution is 5.94. The molecule has 1 atom stereocenters. The van der Waals surface area contributed by atoms with E-state index < -0.39 is 0 Å². The van der Waals surface area contributed by atoms with Crippen molar-refractivity contribution in [3.8, 4) is 5.75 Å². The number of benzene rings is 1. The van der Waals surface area contributed by atoms with Gasteiger partial charge in [-0.1, -0.05) is 0 Å². The van der Waals surface area contributed by atoms with Crippen LogP contribution in [0.15, 0.2) is 24.3 Å². The van der Waals surface area contributed by atoms with Gasteiger partial charge in [-0.05, 0) is 44.0 Å². The number of likely N-dealkylation sites (tertiary alicyclic amines) is 1. The molecule has 1 aliphatic rings. The predicted molar refractivity (Wildman–Crippen MR) is 88.3 cm³/mol. The molecule has 0 saturated carbocycles. The van der Waals surface area contributed by atoms with Crippen molar-refractivity contribution in [2.24, 2.45) is 11.7 Å². The highest BCUT2D eigenvalue weighted by atomic mass is 16.5. The van der Waals surface area contributed by atoms with Gasteiger partial charge in [0.25, 0.3) is 5.91 Å². The minimum absolute atomic E-state index is 0.0142. The minimum atomic E-state index is -0.151. The summed E-state index contributed by atoms with van der Waals surface area (Å²) in [6.45, 7) is 4.56. The van der Waals surface area contributed by atoms with Crippen molar-refractivity contribution < 1.29 is 14.3 Å². The van der Waals surface area contributed by atoms with E-state index >= 15 is 0 Å². The molecule has 2 amide bonds. The highest BCUT2D eigenvalue weighted by Gasteiger charge is 2.28. The maximum absolute atomic E-state index is 12.6. The van der Waals surface area contributed by atoms with Crippen LogP contribution >= 0.6 is 0 Å². The summed E-state index contributed by atoms with van der Waals surface area (Å²) in [5.74, 6) is 0.549. The van der Waals surface area contributed by atoms with Gasteiger partial charge in [0.1, 0.15) is 5.75 Å². The quantitative estimate of drug-likeness (QED) is 0.819. The summed E-state index contributed by atoms with van der Waals surface area (Å²) in [5.41, 5.74) is 6.02. The molecule has 0 radical (unpaired) electrons. The molecule has 0 aliphatic carbocycles. The molecule has 0 bridgehead atoms. The van der Waals surface area contributed by atoms with E-state index in [-0.39, 0.29) is 17.7 Å². The van der Waals surface area contributed by atoms with Crippen LogP contribution in [0.4, 0.5) is 0 Å². The third-order valence-electron chi connectivity index (χ3n) is 3.94. The second-order valence-electron chi connectivity index (χ2n) is 5.63. The Hall–Kier alpha value is -2.08. The van der Waals surface area contributed by atoms with E-state index in [0.29, 0.717) is 38.3 Å². The monoisotopic (exact) mass is 319 g/mol. The normalized spacial score (nSPS) is 17.7. The summed E-state index contributed by atoms with van der Waals surface area (Å²) in [6, 6.07) is 7.13. The van der Waals surface area contributed by atoms with Crippen molar-refractivity contribution in [1.29, 1.82) is 0 Å². The van der Waals surface area contributed by atoms with E-state index in [1.54, 1.807) is 29.2 Å². The number of nitrogens with one attached hydrogen (secondary N) is 1. The first kappa shape index (κ1) is 17.3. The minimum Gasteiger partial charge on any atom is -0.494 e. The molecule has 1 aromatic carbocycles. The van der Waals surface area contributed by atoms with Crippen molar-refractivity contribution in [1.82, 2.24) is 10.2 Å². The fraction of sp³-hybridized carbons (Fsp3) is 0.529. The molecular formula is C17H25N3O3. The zero-order valence-corrected chi connectivity index (χ0v) is 13.6. The molecular weight excluding hydrogens is 294 g/mol. The van der Waals surface area contributed by atoms with Crippen molar-refractivity contribution in [2.45, 2.75) is 19.8 Å². The summed E-state index contributed by atoms with van der Waals surface area (Å²) >= 11 is 0. The van der Waals surface area contributed by atoms with E-state index in [4.69, 9.17) is 10.5 Å². The molecule has 1 aromatic rings. The third-order valence-corrected chi connectivity index (χ3v) is 3.94. The van der Waals surface area contributed by atoms with Crippen molar-refractivity contribution in [2.75, 3.05) is 32.8 Å². The first-order valence-corrected chi connectivity index (χ1v) is 8.15. The Morgan fingerprint density at radius 1 is 1.35 bits per heavy atom. The number of piperidine rings is 1. The molecule has 1 saturated heterocycles. The summed E-state index contributed by atoms with van der Waals surface area (Å²) in [7, 11) is 0. The van der Waals surface area contributed by atoms with Crippen LogP contribution in [0.5, 0.6) is 5.75 Å².